The van der Waals surface area contributed by atoms with Gasteiger partial charge in [0.15, 0.2) is 0 Å². The van der Waals surface area contributed by atoms with E-state index in [1.165, 1.54) is 0 Å². The number of hydrogen-bond donors (Lipinski definition) is 2. The lowest BCUT2D eigenvalue weighted by molar-refractivity contribution is 0.404. The van der Waals surface area contributed by atoms with Gasteiger partial charge in [0.05, 0.1) is 13.2 Å². The number of benzene rings is 2. The summed E-state index contributed by atoms with van der Waals surface area (Å²) in [6.07, 6.45) is 0. The molecule has 1 unspecified atom stereocenters. The zero-order chi connectivity index (χ0) is 14.7. The van der Waals surface area contributed by atoms with E-state index in [9.17, 15) is 0 Å². The number of rotatable bonds is 4. The predicted octanol–water partition coefficient (Wildman–Crippen LogP) is 4.16. The van der Waals surface area contributed by atoms with Crippen molar-refractivity contribution >= 4 is 45.8 Å². The van der Waals surface area contributed by atoms with Crippen LogP contribution in [0.3, 0.4) is 0 Å². The van der Waals surface area contributed by atoms with Crippen molar-refractivity contribution in [2.45, 2.75) is 6.04 Å². The number of nitrogens with one attached hydrogen (secondary N) is 1. The molecule has 0 aromatic heterocycles. The quantitative estimate of drug-likeness (QED) is 0.441. The van der Waals surface area contributed by atoms with Crippen LogP contribution in [0, 0.1) is 3.57 Å². The van der Waals surface area contributed by atoms with Crippen LogP contribution in [-0.2, 0) is 0 Å². The van der Waals surface area contributed by atoms with Gasteiger partial charge in [-0.1, -0.05) is 23.2 Å². The summed E-state index contributed by atoms with van der Waals surface area (Å²) in [6, 6.07) is 10.8. The molecule has 106 valence electrons. The number of nitrogens with two attached hydrogens (primary N) is 1. The zero-order valence-corrected chi connectivity index (χ0v) is 14.3. The molecule has 0 aliphatic heterocycles. The van der Waals surface area contributed by atoms with Crippen LogP contribution in [0.1, 0.15) is 17.2 Å². The van der Waals surface area contributed by atoms with Crippen molar-refractivity contribution in [2.24, 2.45) is 5.84 Å². The van der Waals surface area contributed by atoms with E-state index in [2.05, 4.69) is 28.0 Å². The molecule has 0 fully saturated rings. The first-order valence-electron chi connectivity index (χ1n) is 5.81. The molecule has 2 rings (SSSR count). The molecular formula is C14H13Cl2IN2O. The lowest BCUT2D eigenvalue weighted by Gasteiger charge is -2.21. The highest BCUT2D eigenvalue weighted by atomic mass is 127. The minimum Gasteiger partial charge on any atom is -0.496 e. The third kappa shape index (κ3) is 3.38. The first-order chi connectivity index (χ1) is 9.56. The van der Waals surface area contributed by atoms with E-state index in [0.29, 0.717) is 15.8 Å². The minimum atomic E-state index is -0.255. The SMILES string of the molecule is COc1ccc(Cl)cc1C(NN)c1cc(Cl)ccc1I. The van der Waals surface area contributed by atoms with Crippen molar-refractivity contribution in [2.75, 3.05) is 7.11 Å². The van der Waals surface area contributed by atoms with Crippen LogP contribution in [0.5, 0.6) is 5.75 Å². The van der Waals surface area contributed by atoms with Crippen molar-refractivity contribution in [1.82, 2.24) is 5.43 Å². The summed E-state index contributed by atoms with van der Waals surface area (Å²) >= 11 is 14.4. The summed E-state index contributed by atoms with van der Waals surface area (Å²) in [5, 5.41) is 1.28. The van der Waals surface area contributed by atoms with Crippen LogP contribution in [0.25, 0.3) is 0 Å². The Balaban J connectivity index is 2.57. The monoisotopic (exact) mass is 422 g/mol. The van der Waals surface area contributed by atoms with Gasteiger partial charge in [-0.05, 0) is 64.6 Å². The van der Waals surface area contributed by atoms with E-state index in [4.69, 9.17) is 33.8 Å². The molecular weight excluding hydrogens is 410 g/mol. The van der Waals surface area contributed by atoms with Crippen molar-refractivity contribution in [1.29, 1.82) is 0 Å². The average molecular weight is 423 g/mol. The Labute approximate surface area is 141 Å². The minimum absolute atomic E-state index is 0.255. The van der Waals surface area contributed by atoms with Crippen LogP contribution in [0.4, 0.5) is 0 Å². The molecule has 0 heterocycles. The van der Waals surface area contributed by atoms with Crippen LogP contribution < -0.4 is 16.0 Å². The molecule has 0 saturated heterocycles. The van der Waals surface area contributed by atoms with Crippen LogP contribution in [0.15, 0.2) is 36.4 Å². The standard InChI is InChI=1S/C14H13Cl2IN2O/c1-20-13-5-3-9(16)7-11(13)14(19-18)10-6-8(15)2-4-12(10)17/h2-7,14,19H,18H2,1H3. The molecule has 1 atom stereocenters. The fourth-order valence-electron chi connectivity index (χ4n) is 2.01. The number of methoxy groups -OCH3 is 1. The number of ether oxygens (including phenoxy) is 1. The van der Waals surface area contributed by atoms with Gasteiger partial charge in [-0.2, -0.15) is 0 Å². The summed E-state index contributed by atoms with van der Waals surface area (Å²) in [5.74, 6) is 6.45. The molecule has 0 aliphatic carbocycles. The first kappa shape index (κ1) is 15.9. The maximum absolute atomic E-state index is 6.08. The highest BCUT2D eigenvalue weighted by Crippen LogP contribution is 2.34. The van der Waals surface area contributed by atoms with Crippen molar-refractivity contribution in [3.8, 4) is 5.75 Å². The van der Waals surface area contributed by atoms with Gasteiger partial charge < -0.3 is 4.74 Å². The van der Waals surface area contributed by atoms with E-state index >= 15 is 0 Å². The Kier molecular flexibility index (Phi) is 5.51. The number of hydrazine groups is 1. The van der Waals surface area contributed by atoms with Crippen LogP contribution >= 0.6 is 45.8 Å². The summed E-state index contributed by atoms with van der Waals surface area (Å²) in [6.45, 7) is 0. The van der Waals surface area contributed by atoms with Crippen molar-refractivity contribution < 1.29 is 4.74 Å². The van der Waals surface area contributed by atoms with Gasteiger partial charge in [0.1, 0.15) is 5.75 Å². The molecule has 0 radical (unpaired) electrons. The van der Waals surface area contributed by atoms with E-state index < -0.39 is 0 Å². The maximum atomic E-state index is 6.08. The summed E-state index contributed by atoms with van der Waals surface area (Å²) < 4.78 is 6.44. The third-order valence-electron chi connectivity index (χ3n) is 2.94. The Morgan fingerprint density at radius 3 is 2.30 bits per heavy atom. The molecule has 0 amide bonds. The molecule has 0 bridgehead atoms. The van der Waals surface area contributed by atoms with Gasteiger partial charge >= 0.3 is 0 Å². The van der Waals surface area contributed by atoms with Gasteiger partial charge in [-0.25, -0.2) is 5.43 Å². The summed E-state index contributed by atoms with van der Waals surface area (Å²) in [4.78, 5) is 0. The second-order valence-corrected chi connectivity index (χ2v) is 6.19. The Hall–Kier alpha value is -0.530. The fourth-order valence-corrected chi connectivity index (χ4v) is 3.02. The first-order valence-corrected chi connectivity index (χ1v) is 7.64. The second-order valence-electron chi connectivity index (χ2n) is 4.15. The highest BCUT2D eigenvalue weighted by molar-refractivity contribution is 14.1. The second kappa shape index (κ2) is 6.95. The van der Waals surface area contributed by atoms with Gasteiger partial charge in [-0.3, -0.25) is 5.84 Å². The molecule has 20 heavy (non-hydrogen) atoms. The van der Waals surface area contributed by atoms with E-state index in [-0.39, 0.29) is 6.04 Å². The molecule has 6 heteroatoms. The van der Waals surface area contributed by atoms with Gasteiger partial charge in [0.2, 0.25) is 0 Å². The zero-order valence-electron chi connectivity index (χ0n) is 10.7. The number of halogens is 3. The Bertz CT molecular complexity index is 622. The summed E-state index contributed by atoms with van der Waals surface area (Å²) in [5.41, 5.74) is 4.64. The summed E-state index contributed by atoms with van der Waals surface area (Å²) in [7, 11) is 1.61. The van der Waals surface area contributed by atoms with Crippen LogP contribution in [-0.4, -0.2) is 7.11 Å². The Morgan fingerprint density at radius 2 is 1.70 bits per heavy atom. The molecule has 3 N–H and O–H groups in total. The average Bonchev–Trinajstić information content (AvgIpc) is 2.44. The van der Waals surface area contributed by atoms with Crippen molar-refractivity contribution in [3.63, 3.8) is 0 Å². The third-order valence-corrected chi connectivity index (χ3v) is 4.39. The largest absolute Gasteiger partial charge is 0.496 e. The van der Waals surface area contributed by atoms with E-state index in [1.807, 2.05) is 30.3 Å². The lowest BCUT2D eigenvalue weighted by atomic mass is 9.98. The molecule has 2 aromatic carbocycles. The van der Waals surface area contributed by atoms with Crippen molar-refractivity contribution in [3.05, 3.63) is 61.1 Å². The smallest absolute Gasteiger partial charge is 0.124 e. The van der Waals surface area contributed by atoms with E-state index in [1.54, 1.807) is 13.2 Å². The van der Waals surface area contributed by atoms with E-state index in [0.717, 1.165) is 14.7 Å². The molecule has 0 aliphatic rings. The predicted molar refractivity (Wildman–Crippen MR) is 91.3 cm³/mol. The topological polar surface area (TPSA) is 47.3 Å². The fraction of sp³-hybridized carbons (Fsp3) is 0.143. The number of hydrogen-bond acceptors (Lipinski definition) is 3. The lowest BCUT2D eigenvalue weighted by Crippen LogP contribution is -2.29. The highest BCUT2D eigenvalue weighted by Gasteiger charge is 2.20. The normalized spacial score (nSPS) is 12.2. The molecule has 0 saturated carbocycles. The van der Waals surface area contributed by atoms with Gasteiger partial charge in [-0.15, -0.1) is 0 Å². The van der Waals surface area contributed by atoms with Crippen LogP contribution in [0.2, 0.25) is 10.0 Å². The van der Waals surface area contributed by atoms with Gasteiger partial charge in [0.25, 0.3) is 0 Å². The molecule has 0 spiro atoms. The van der Waals surface area contributed by atoms with Gasteiger partial charge in [0, 0.05) is 19.2 Å². The molecule has 3 nitrogen and oxygen atoms in total. The maximum Gasteiger partial charge on any atom is 0.124 e. The molecule has 2 aromatic rings. The Morgan fingerprint density at radius 1 is 1.10 bits per heavy atom.